The topological polar surface area (TPSA) is 196 Å². The molecule has 1 aromatic rings. The van der Waals surface area contributed by atoms with Crippen molar-refractivity contribution in [3.63, 3.8) is 0 Å². The second-order valence-corrected chi connectivity index (χ2v) is 5.10. The number of ether oxygens (including phenoxy) is 1. The number of methoxy groups -OCH3 is 1. The van der Waals surface area contributed by atoms with E-state index in [4.69, 9.17) is 4.42 Å². The van der Waals surface area contributed by atoms with E-state index in [2.05, 4.69) is 43.2 Å². The predicted octanol–water partition coefficient (Wildman–Crippen LogP) is -1.37. The third kappa shape index (κ3) is 218. The number of hydrazine groups is 2. The molecule has 0 aromatic carbocycles. The van der Waals surface area contributed by atoms with Gasteiger partial charge in [-0.1, -0.05) is 0 Å². The van der Waals surface area contributed by atoms with E-state index >= 15 is 0 Å². The van der Waals surface area contributed by atoms with Crippen molar-refractivity contribution in [2.75, 3.05) is 7.11 Å². The minimum atomic E-state index is -0.361. The van der Waals surface area contributed by atoms with E-state index in [9.17, 15) is 24.0 Å². The molecule has 0 aliphatic heterocycles. The zero-order valence-corrected chi connectivity index (χ0v) is 70.3. The molecule has 1 rings (SSSR count). The van der Waals surface area contributed by atoms with Gasteiger partial charge in [-0.25, -0.2) is 5.84 Å². The Bertz CT molecular complexity index is 630. The number of aryl methyl sites for hydroxylation is 2. The molecule has 0 saturated heterocycles. The fourth-order valence-electron chi connectivity index (χ4n) is 0.571. The molecule has 47 heavy (non-hydrogen) atoms. The minimum Gasteiger partial charge on any atom is -0.469 e. The van der Waals surface area contributed by atoms with Gasteiger partial charge in [0.15, 0.2) is 0 Å². The van der Waals surface area contributed by atoms with Gasteiger partial charge in [0.2, 0.25) is 34.7 Å². The monoisotopic (exact) mass is 3230 g/mol. The molecule has 5 N–H and O–H groups in total. The Labute approximate surface area is 504 Å². The first-order valence-electron chi connectivity index (χ1n) is 7.67. The second-order valence-electron chi connectivity index (χ2n) is 4.57. The SMILES string of the molecule is CC(=O)Cl.CC(=O)NN.CC(=O)NNC(C)=O.COC(C)=O.Cc1nnc(C)o1.[B].[B].[B].[W].[W].[W].[W].[W].[W].[W].[W].[W].[W].[W].[W].[W].[W].[W]. The molecule has 0 atom stereocenters. The predicted molar refractivity (Wildman–Crippen MR) is 121 cm³/mol. The first kappa shape index (κ1) is 148. The summed E-state index contributed by atoms with van der Waals surface area (Å²) in [6.07, 6.45) is 0. The first-order chi connectivity index (χ1) is 13.2. The molecule has 0 spiro atoms. The number of rotatable bonds is 0. The van der Waals surface area contributed by atoms with Crippen molar-refractivity contribution in [2.24, 2.45) is 5.84 Å². The quantitative estimate of drug-likeness (QED) is 0.0602. The van der Waals surface area contributed by atoms with E-state index in [1.54, 1.807) is 13.8 Å². The maximum absolute atomic E-state index is 10.0. The summed E-state index contributed by atoms with van der Waals surface area (Å²) in [6, 6.07) is 0. The van der Waals surface area contributed by atoms with Crippen LogP contribution in [0.15, 0.2) is 4.42 Å². The molecule has 1 aromatic heterocycles. The number of amides is 3. The van der Waals surface area contributed by atoms with Crippen LogP contribution in [0.25, 0.3) is 0 Å². The number of halogens is 1. The van der Waals surface area contributed by atoms with Crippen LogP contribution in [-0.2, 0) is 345 Å². The third-order valence-corrected chi connectivity index (χ3v) is 1.53. The molecule has 0 bridgehead atoms. The maximum atomic E-state index is 10.0. The van der Waals surface area contributed by atoms with E-state index in [1.807, 2.05) is 5.43 Å². The molecule has 13 nitrogen and oxygen atoms in total. The molecule has 0 fully saturated rings. The van der Waals surface area contributed by atoms with Crippen LogP contribution < -0.4 is 22.1 Å². The summed E-state index contributed by atoms with van der Waals surface area (Å²) >= 11 is 4.64. The van der Waals surface area contributed by atoms with Crippen LogP contribution in [0.4, 0.5) is 0 Å². The molecular weight excluding hydrogens is 3200 g/mol. The van der Waals surface area contributed by atoms with Gasteiger partial charge in [-0.05, 0) is 11.6 Å². The number of carbonyl (C=O) groups excluding carboxylic acids is 5. The van der Waals surface area contributed by atoms with Crippen LogP contribution in [-0.4, -0.2) is 71.5 Å². The van der Waals surface area contributed by atoms with Crippen LogP contribution in [0.1, 0.15) is 46.4 Å². The van der Waals surface area contributed by atoms with Crippen molar-refractivity contribution in [3.05, 3.63) is 11.8 Å². The van der Waals surface area contributed by atoms with E-state index in [0.29, 0.717) is 11.8 Å². The van der Waals surface area contributed by atoms with Crippen molar-refractivity contribution in [3.8, 4) is 0 Å². The first-order valence-corrected chi connectivity index (χ1v) is 8.04. The van der Waals surface area contributed by atoms with E-state index in [-0.39, 0.29) is 370 Å². The number of nitrogens with zero attached hydrogens (tertiary/aromatic N) is 2. The molecule has 0 aliphatic carbocycles. The number of esters is 1. The number of hydrogen-bond donors (Lipinski definition) is 4. The summed E-state index contributed by atoms with van der Waals surface area (Å²) in [5.74, 6) is 4.80. The van der Waals surface area contributed by atoms with Gasteiger partial charge in [0.25, 0.3) is 0 Å². The van der Waals surface area contributed by atoms with Crippen LogP contribution in [0.5, 0.6) is 0 Å². The van der Waals surface area contributed by atoms with Gasteiger partial charge in [-0.2, -0.15) is 0 Å². The van der Waals surface area contributed by atoms with Crippen LogP contribution in [0.3, 0.4) is 0 Å². The summed E-state index contributed by atoms with van der Waals surface area (Å²) < 4.78 is 8.97. The molecule has 0 saturated carbocycles. The Kier molecular flexibility index (Phi) is 368. The standard InChI is InChI=1S/C4H8N2O2.C4H6N2O.C3H6O2.C2H3ClO.C2H6N2O.3B.15W/c1-3(7)5-6-4(2)8;1-3-5-6-4(2)7-3;1-3(4)5-2;1-2(3)4;1-2(5)4-3;;;;;;;;;;;;;;;;;;/h1-2H3,(H,5,7)(H,6,8);1-2H3;1-2H3;1H3;3H2,1H3,(H,4,5);;;;;;;;;;;;;;;;;;. The Morgan fingerprint density at radius 2 is 0.723 bits per heavy atom. The zero-order chi connectivity index (χ0) is 24.0. The van der Waals surface area contributed by atoms with Gasteiger partial charge in [0.05, 0.1) is 7.11 Å². The number of nitrogens with two attached hydrogens (primary N) is 1. The molecule has 0 aliphatic rings. The van der Waals surface area contributed by atoms with E-state index in [1.165, 1.54) is 41.7 Å². The smallest absolute Gasteiger partial charge is 0.302 e. The maximum Gasteiger partial charge on any atom is 0.302 e. The summed E-state index contributed by atoms with van der Waals surface area (Å²) in [7, 11) is 1.35. The van der Waals surface area contributed by atoms with Gasteiger partial charge in [0, 0.05) is 390 Å². The van der Waals surface area contributed by atoms with Crippen molar-refractivity contribution in [1.29, 1.82) is 0 Å². The van der Waals surface area contributed by atoms with Crippen LogP contribution >= 0.6 is 11.6 Å². The molecule has 267 valence electrons. The van der Waals surface area contributed by atoms with Gasteiger partial charge >= 0.3 is 5.97 Å². The second kappa shape index (κ2) is 117. The van der Waals surface area contributed by atoms with Crippen molar-refractivity contribution in [1.82, 2.24) is 26.5 Å². The molecule has 0 unspecified atom stereocenters. The Morgan fingerprint density at radius 1 is 0.574 bits per heavy atom. The van der Waals surface area contributed by atoms with E-state index < -0.39 is 0 Å². The average Bonchev–Trinajstić information content (AvgIpc) is 2.97. The number of nitrogens with one attached hydrogen (secondary N) is 3. The Balaban J connectivity index is -0.00000000768. The summed E-state index contributed by atoms with van der Waals surface area (Å²) in [6.45, 7) is 10.2. The minimum absolute atomic E-state index is 0. The van der Waals surface area contributed by atoms with E-state index in [0.717, 1.165) is 0 Å². The van der Waals surface area contributed by atoms with Gasteiger partial charge in [-0.3, -0.25) is 40.3 Å². The van der Waals surface area contributed by atoms with Gasteiger partial charge < -0.3 is 9.15 Å². The summed E-state index contributed by atoms with van der Waals surface area (Å²) in [5.41, 5.74) is 6.10. The van der Waals surface area contributed by atoms with Crippen molar-refractivity contribution >= 4 is 65.8 Å². The number of aromatic nitrogens is 2. The number of hydrogen-bond acceptors (Lipinski definition) is 10. The molecular formula is C15H29B3ClN6O7W15. The fourth-order valence-corrected chi connectivity index (χ4v) is 0.571. The Hall–Kier alpha value is 7.46. The van der Waals surface area contributed by atoms with Crippen molar-refractivity contribution < 1.29 is 349 Å². The zero-order valence-electron chi connectivity index (χ0n) is 25.6. The summed E-state index contributed by atoms with van der Waals surface area (Å²) in [5, 5.41) is 6.84. The van der Waals surface area contributed by atoms with Crippen LogP contribution in [0, 0.1) is 13.8 Å². The summed E-state index contributed by atoms with van der Waals surface area (Å²) in [4.78, 5) is 48.4. The van der Waals surface area contributed by atoms with Gasteiger partial charge in [0.1, 0.15) is 0 Å². The fraction of sp³-hybridized carbons (Fsp3) is 0.533. The normalized spacial score (nSPS) is 4.72. The number of carbonyl (C=O) groups is 5. The van der Waals surface area contributed by atoms with Crippen LogP contribution in [0.2, 0.25) is 0 Å². The van der Waals surface area contributed by atoms with Gasteiger partial charge in [-0.15, -0.1) is 10.2 Å². The average molecular weight is 3230 g/mol. The molecule has 32 heteroatoms. The molecule has 1 heterocycles. The Morgan fingerprint density at radius 3 is 0.766 bits per heavy atom. The van der Waals surface area contributed by atoms with Crippen molar-refractivity contribution in [2.45, 2.75) is 48.5 Å². The molecule has 9 radical (unpaired) electrons. The largest absolute Gasteiger partial charge is 0.469 e. The third-order valence-electron chi connectivity index (χ3n) is 1.53. The molecule has 3 amide bonds.